The molecule has 60 valence electrons. The van der Waals surface area contributed by atoms with Crippen LogP contribution in [0.15, 0.2) is 0 Å². The Kier molecular flexibility index (Phi) is 7.15. The number of hydrogen-bond acceptors (Lipinski definition) is 2. The van der Waals surface area contributed by atoms with E-state index in [1.807, 2.05) is 18.7 Å². The molecule has 0 aromatic heterocycles. The molecule has 0 amide bonds. The summed E-state index contributed by atoms with van der Waals surface area (Å²) in [7, 11) is 0. The largest absolute Gasteiger partial charge is 0.303 e. The molecular weight excluding hydrogens is 144 g/mol. The maximum Gasteiger partial charge on any atom is 0.122 e. The molecule has 0 saturated carbocycles. The van der Waals surface area contributed by atoms with Crippen LogP contribution in [0.25, 0.3) is 0 Å². The first-order chi connectivity index (χ1) is 4.81. The van der Waals surface area contributed by atoms with Crippen molar-refractivity contribution in [3.63, 3.8) is 0 Å². The Morgan fingerprint density at radius 1 is 1.50 bits per heavy atom. The van der Waals surface area contributed by atoms with Crippen LogP contribution in [-0.4, -0.2) is 18.3 Å². The molecule has 0 N–H and O–H groups in total. The third-order valence-electron chi connectivity index (χ3n) is 1.49. The van der Waals surface area contributed by atoms with Crippen molar-refractivity contribution in [1.29, 1.82) is 0 Å². The first kappa shape index (κ1) is 10.0. The van der Waals surface area contributed by atoms with Crippen LogP contribution < -0.4 is 0 Å². The number of thioether (sulfide) groups is 1. The van der Waals surface area contributed by atoms with E-state index >= 15 is 0 Å². The summed E-state index contributed by atoms with van der Waals surface area (Å²) >= 11 is 1.87. The average Bonchev–Trinajstić information content (AvgIpc) is 1.98. The molecule has 0 heterocycles. The zero-order valence-electron chi connectivity index (χ0n) is 6.80. The van der Waals surface area contributed by atoms with Crippen LogP contribution in [0.3, 0.4) is 0 Å². The monoisotopic (exact) mass is 160 g/mol. The standard InChI is InChI=1S/C8H16OS/c1-8(7-9)5-3-4-6-10-2/h7-8H,3-6H2,1-2H3. The van der Waals surface area contributed by atoms with Crippen LogP contribution in [0.5, 0.6) is 0 Å². The summed E-state index contributed by atoms with van der Waals surface area (Å²) < 4.78 is 0. The highest BCUT2D eigenvalue weighted by molar-refractivity contribution is 7.98. The first-order valence-electron chi connectivity index (χ1n) is 3.75. The molecule has 1 unspecified atom stereocenters. The minimum absolute atomic E-state index is 0.266. The number of carbonyl (C=O) groups excluding carboxylic acids is 1. The Balaban J connectivity index is 2.95. The summed E-state index contributed by atoms with van der Waals surface area (Å²) in [6.07, 6.45) is 6.66. The Hall–Kier alpha value is 0.0200. The second kappa shape index (κ2) is 7.13. The lowest BCUT2D eigenvalue weighted by Crippen LogP contribution is -1.95. The average molecular weight is 160 g/mol. The Bertz CT molecular complexity index is 83.3. The summed E-state index contributed by atoms with van der Waals surface area (Å²) in [6.45, 7) is 1.98. The SMILES string of the molecule is CSCCCCC(C)C=O. The van der Waals surface area contributed by atoms with Crippen molar-refractivity contribution < 1.29 is 4.79 Å². The van der Waals surface area contributed by atoms with Crippen molar-refractivity contribution in [1.82, 2.24) is 0 Å². The van der Waals surface area contributed by atoms with Crippen molar-refractivity contribution in [3.8, 4) is 0 Å². The van der Waals surface area contributed by atoms with Gasteiger partial charge in [0.2, 0.25) is 0 Å². The van der Waals surface area contributed by atoms with Crippen molar-refractivity contribution >= 4 is 18.0 Å². The van der Waals surface area contributed by atoms with Gasteiger partial charge in [0.1, 0.15) is 6.29 Å². The summed E-state index contributed by atoms with van der Waals surface area (Å²) in [4.78, 5) is 10.2. The molecular formula is C8H16OS. The van der Waals surface area contributed by atoms with Gasteiger partial charge >= 0.3 is 0 Å². The predicted molar refractivity (Wildman–Crippen MR) is 47.5 cm³/mol. The van der Waals surface area contributed by atoms with Crippen LogP contribution in [0.2, 0.25) is 0 Å². The number of unbranched alkanes of at least 4 members (excludes halogenated alkanes) is 1. The summed E-state index contributed by atoms with van der Waals surface area (Å²) in [5.74, 6) is 1.49. The molecule has 1 atom stereocenters. The lowest BCUT2D eigenvalue weighted by atomic mass is 10.1. The van der Waals surface area contributed by atoms with E-state index in [1.54, 1.807) is 0 Å². The van der Waals surface area contributed by atoms with E-state index in [0.717, 1.165) is 12.7 Å². The zero-order chi connectivity index (χ0) is 7.82. The van der Waals surface area contributed by atoms with E-state index in [1.165, 1.54) is 18.6 Å². The first-order valence-corrected chi connectivity index (χ1v) is 5.15. The van der Waals surface area contributed by atoms with Crippen molar-refractivity contribution in [2.75, 3.05) is 12.0 Å². The molecule has 0 aliphatic carbocycles. The molecule has 0 fully saturated rings. The van der Waals surface area contributed by atoms with Crippen LogP contribution in [0.1, 0.15) is 26.2 Å². The maximum absolute atomic E-state index is 10.2. The van der Waals surface area contributed by atoms with Crippen LogP contribution >= 0.6 is 11.8 Å². The van der Waals surface area contributed by atoms with Crippen molar-refractivity contribution in [3.05, 3.63) is 0 Å². The molecule has 0 aromatic carbocycles. The van der Waals surface area contributed by atoms with Crippen LogP contribution in [-0.2, 0) is 4.79 Å². The Labute approximate surface area is 67.6 Å². The lowest BCUT2D eigenvalue weighted by Gasteiger charge is -2.00. The van der Waals surface area contributed by atoms with Gasteiger partial charge in [-0.3, -0.25) is 0 Å². The van der Waals surface area contributed by atoms with Gasteiger partial charge in [-0.1, -0.05) is 13.3 Å². The van der Waals surface area contributed by atoms with E-state index < -0.39 is 0 Å². The maximum atomic E-state index is 10.2. The smallest absolute Gasteiger partial charge is 0.122 e. The topological polar surface area (TPSA) is 17.1 Å². The molecule has 1 nitrogen and oxygen atoms in total. The fraction of sp³-hybridized carbons (Fsp3) is 0.875. The second-order valence-electron chi connectivity index (χ2n) is 2.60. The fourth-order valence-corrected chi connectivity index (χ4v) is 1.27. The van der Waals surface area contributed by atoms with Gasteiger partial charge in [0.25, 0.3) is 0 Å². The van der Waals surface area contributed by atoms with Gasteiger partial charge in [-0.15, -0.1) is 0 Å². The van der Waals surface area contributed by atoms with E-state index in [9.17, 15) is 4.79 Å². The van der Waals surface area contributed by atoms with Gasteiger partial charge in [-0.2, -0.15) is 11.8 Å². The molecule has 0 spiro atoms. The fourth-order valence-electron chi connectivity index (χ4n) is 0.781. The van der Waals surface area contributed by atoms with Gasteiger partial charge in [0.05, 0.1) is 0 Å². The third-order valence-corrected chi connectivity index (χ3v) is 2.19. The van der Waals surface area contributed by atoms with Crippen molar-refractivity contribution in [2.24, 2.45) is 5.92 Å². The molecule has 0 radical (unpaired) electrons. The highest BCUT2D eigenvalue weighted by atomic mass is 32.2. The predicted octanol–water partition coefficient (Wildman–Crippen LogP) is 2.35. The molecule has 0 aliphatic heterocycles. The highest BCUT2D eigenvalue weighted by Crippen LogP contribution is 2.07. The summed E-state index contributed by atoms with van der Waals surface area (Å²) in [5, 5.41) is 0. The second-order valence-corrected chi connectivity index (χ2v) is 3.59. The lowest BCUT2D eigenvalue weighted by molar-refractivity contribution is -0.110. The Morgan fingerprint density at radius 2 is 2.20 bits per heavy atom. The van der Waals surface area contributed by atoms with Crippen LogP contribution in [0.4, 0.5) is 0 Å². The number of rotatable bonds is 6. The minimum atomic E-state index is 0.266. The van der Waals surface area contributed by atoms with E-state index in [0.29, 0.717) is 0 Å². The molecule has 2 heteroatoms. The molecule has 0 saturated heterocycles. The summed E-state index contributed by atoms with van der Waals surface area (Å²) in [6, 6.07) is 0. The summed E-state index contributed by atoms with van der Waals surface area (Å²) in [5.41, 5.74) is 0. The normalized spacial score (nSPS) is 13.0. The quantitative estimate of drug-likeness (QED) is 0.438. The van der Waals surface area contributed by atoms with Gasteiger partial charge in [0, 0.05) is 5.92 Å². The molecule has 0 rings (SSSR count). The van der Waals surface area contributed by atoms with E-state index in [4.69, 9.17) is 0 Å². The van der Waals surface area contributed by atoms with Gasteiger partial charge < -0.3 is 4.79 Å². The molecule has 10 heavy (non-hydrogen) atoms. The third kappa shape index (κ3) is 6.14. The molecule has 0 aliphatic rings. The molecule has 0 aromatic rings. The molecule has 0 bridgehead atoms. The van der Waals surface area contributed by atoms with Crippen LogP contribution in [0, 0.1) is 5.92 Å². The Morgan fingerprint density at radius 3 is 2.70 bits per heavy atom. The zero-order valence-corrected chi connectivity index (χ0v) is 7.62. The number of aldehydes is 1. The van der Waals surface area contributed by atoms with E-state index in [-0.39, 0.29) is 5.92 Å². The van der Waals surface area contributed by atoms with Gasteiger partial charge in [-0.05, 0) is 24.9 Å². The number of hydrogen-bond donors (Lipinski definition) is 0. The highest BCUT2D eigenvalue weighted by Gasteiger charge is 1.97. The van der Waals surface area contributed by atoms with Gasteiger partial charge in [0.15, 0.2) is 0 Å². The van der Waals surface area contributed by atoms with E-state index in [2.05, 4.69) is 6.26 Å². The number of carbonyl (C=O) groups is 1. The van der Waals surface area contributed by atoms with Gasteiger partial charge in [-0.25, -0.2) is 0 Å². The minimum Gasteiger partial charge on any atom is -0.303 e. The van der Waals surface area contributed by atoms with Crippen molar-refractivity contribution in [2.45, 2.75) is 26.2 Å².